The lowest BCUT2D eigenvalue weighted by Crippen LogP contribution is -2.61. The summed E-state index contributed by atoms with van der Waals surface area (Å²) in [5.41, 5.74) is 0. The largest absolute Gasteiger partial charge is 0.479 e. The van der Waals surface area contributed by atoms with Crippen molar-refractivity contribution in [1.29, 1.82) is 0 Å². The molecule has 12 nitrogen and oxygen atoms in total. The quantitative estimate of drug-likeness (QED) is 0.0228. The van der Waals surface area contributed by atoms with Gasteiger partial charge in [0.2, 0.25) is 0 Å². The molecule has 0 aromatic carbocycles. The zero-order valence-corrected chi connectivity index (χ0v) is 45.6. The Bertz CT molecular complexity index is 1590. The van der Waals surface area contributed by atoms with Gasteiger partial charge < -0.3 is 39.0 Å². The highest BCUT2D eigenvalue weighted by atomic mass is 16.7. The molecule has 1 heterocycles. The van der Waals surface area contributed by atoms with Gasteiger partial charge in [-0.25, -0.2) is 4.79 Å². The molecule has 0 aromatic heterocycles. The summed E-state index contributed by atoms with van der Waals surface area (Å²) in [5.74, 6) is -3.30. The molecule has 1 saturated heterocycles. The van der Waals surface area contributed by atoms with Gasteiger partial charge in [0.05, 0.1) is 13.0 Å². The van der Waals surface area contributed by atoms with Crippen LogP contribution in [0.1, 0.15) is 226 Å². The lowest BCUT2D eigenvalue weighted by Gasteiger charge is -2.40. The van der Waals surface area contributed by atoms with Crippen molar-refractivity contribution < 1.29 is 58.2 Å². The molecule has 0 aliphatic carbocycles. The second-order valence-electron chi connectivity index (χ2n) is 19.2. The fourth-order valence-electron chi connectivity index (χ4n) is 8.12. The van der Waals surface area contributed by atoms with Crippen molar-refractivity contribution in [2.24, 2.45) is 0 Å². The molecule has 6 atom stereocenters. The van der Waals surface area contributed by atoms with E-state index in [-0.39, 0.29) is 25.9 Å². The first kappa shape index (κ1) is 66.9. The number of carboxylic acids is 1. The zero-order chi connectivity index (χ0) is 53.3. The van der Waals surface area contributed by atoms with E-state index in [9.17, 15) is 34.5 Å². The van der Waals surface area contributed by atoms with E-state index in [0.717, 1.165) is 83.5 Å². The van der Waals surface area contributed by atoms with E-state index in [4.69, 9.17) is 23.7 Å². The van der Waals surface area contributed by atoms with Crippen LogP contribution in [0, 0.1) is 0 Å². The van der Waals surface area contributed by atoms with Crippen molar-refractivity contribution in [3.05, 3.63) is 85.1 Å². The molecule has 1 rings (SSSR count). The molecule has 6 unspecified atom stereocenters. The van der Waals surface area contributed by atoms with Gasteiger partial charge in [0.1, 0.15) is 18.8 Å². The van der Waals surface area contributed by atoms with Crippen LogP contribution in [0.15, 0.2) is 85.1 Å². The number of carboxylic acid groups (broad SMARTS) is 1. The Morgan fingerprint density at radius 3 is 1.41 bits per heavy atom. The number of hydrogen-bond acceptors (Lipinski definition) is 11. The Hall–Kier alpha value is -4.10. The number of carbonyl (C=O) groups excluding carboxylic acids is 3. The van der Waals surface area contributed by atoms with Crippen molar-refractivity contribution in [1.82, 2.24) is 0 Å². The number of carbonyl (C=O) groups is 4. The predicted octanol–water partition coefficient (Wildman–Crippen LogP) is 14.3. The minimum absolute atomic E-state index is 0.0481. The van der Waals surface area contributed by atoms with Crippen LogP contribution in [-0.2, 0) is 42.9 Å². The van der Waals surface area contributed by atoms with E-state index in [1.54, 1.807) is 6.08 Å². The summed E-state index contributed by atoms with van der Waals surface area (Å²) in [6.45, 7) is 5.72. The SMILES string of the molecule is CC/C=C\C/C=C\C/C=C\C/C=C\C/C=C\CC(=O)OC(COC(=O)CCCCCCCCCCC/C=C\C/C=C\CCCCC)COC1OC(C(=O)O)C(O)C(O)C1OC(=O)CCCCCCCCCCC. The highest BCUT2D eigenvalue weighted by Gasteiger charge is 2.50. The summed E-state index contributed by atoms with van der Waals surface area (Å²) < 4.78 is 28.2. The number of aliphatic hydroxyl groups excluding tert-OH is 2. The van der Waals surface area contributed by atoms with Crippen molar-refractivity contribution in [3.63, 3.8) is 0 Å². The first-order valence-electron chi connectivity index (χ1n) is 28.6. The Kier molecular flexibility index (Phi) is 44.7. The summed E-state index contributed by atoms with van der Waals surface area (Å²) in [6, 6.07) is 0. The fourth-order valence-corrected chi connectivity index (χ4v) is 8.12. The maximum absolute atomic E-state index is 13.1. The van der Waals surface area contributed by atoms with Crippen LogP contribution in [0.5, 0.6) is 0 Å². The average Bonchev–Trinajstić information content (AvgIpc) is 3.37. The summed E-state index contributed by atoms with van der Waals surface area (Å²) in [4.78, 5) is 50.9. The maximum Gasteiger partial charge on any atom is 0.335 e. The van der Waals surface area contributed by atoms with Gasteiger partial charge in [-0.2, -0.15) is 0 Å². The molecule has 1 aliphatic rings. The summed E-state index contributed by atoms with van der Waals surface area (Å²) in [7, 11) is 0. The Labute approximate surface area is 441 Å². The zero-order valence-electron chi connectivity index (χ0n) is 45.6. The van der Waals surface area contributed by atoms with E-state index in [1.165, 1.54) is 83.5 Å². The number of aliphatic hydroxyl groups is 2. The Morgan fingerprint density at radius 1 is 0.479 bits per heavy atom. The highest BCUT2D eigenvalue weighted by Crippen LogP contribution is 2.26. The van der Waals surface area contributed by atoms with Gasteiger partial charge in [0.15, 0.2) is 24.6 Å². The van der Waals surface area contributed by atoms with Crippen LogP contribution in [0.25, 0.3) is 0 Å². The monoisotopic (exact) mass is 1020 g/mol. The van der Waals surface area contributed by atoms with Gasteiger partial charge in [-0.15, -0.1) is 0 Å². The van der Waals surface area contributed by atoms with Gasteiger partial charge >= 0.3 is 23.9 Å². The summed E-state index contributed by atoms with van der Waals surface area (Å²) in [6.07, 6.45) is 50.3. The molecule has 0 spiro atoms. The molecular formula is C61H100O12. The van der Waals surface area contributed by atoms with E-state index in [2.05, 4.69) is 81.5 Å². The number of esters is 3. The molecule has 0 saturated carbocycles. The Morgan fingerprint density at radius 2 is 0.904 bits per heavy atom. The number of hydrogen-bond donors (Lipinski definition) is 3. The summed E-state index contributed by atoms with van der Waals surface area (Å²) >= 11 is 0. The van der Waals surface area contributed by atoms with Gasteiger partial charge in [-0.1, -0.05) is 215 Å². The van der Waals surface area contributed by atoms with E-state index < -0.39 is 67.3 Å². The van der Waals surface area contributed by atoms with E-state index >= 15 is 0 Å². The molecule has 0 amide bonds. The number of aliphatic carboxylic acids is 1. The molecule has 0 aromatic rings. The number of unbranched alkanes of at least 4 members (excludes halogenated alkanes) is 20. The number of ether oxygens (including phenoxy) is 5. The molecule has 3 N–H and O–H groups in total. The van der Waals surface area contributed by atoms with Crippen LogP contribution < -0.4 is 0 Å². The Balaban J connectivity index is 2.72. The first-order chi connectivity index (χ1) is 35.6. The third-order valence-electron chi connectivity index (χ3n) is 12.5. The minimum atomic E-state index is -1.92. The second kappa shape index (κ2) is 48.8. The lowest BCUT2D eigenvalue weighted by molar-refractivity contribution is -0.301. The third kappa shape index (κ3) is 39.0. The molecule has 1 fully saturated rings. The van der Waals surface area contributed by atoms with Gasteiger partial charge in [0.25, 0.3) is 0 Å². The van der Waals surface area contributed by atoms with Crippen LogP contribution in [0.2, 0.25) is 0 Å². The highest BCUT2D eigenvalue weighted by molar-refractivity contribution is 5.74. The van der Waals surface area contributed by atoms with Gasteiger partial charge in [-0.05, 0) is 77.0 Å². The van der Waals surface area contributed by atoms with Crippen LogP contribution in [0.3, 0.4) is 0 Å². The predicted molar refractivity (Wildman–Crippen MR) is 294 cm³/mol. The molecule has 416 valence electrons. The molecule has 12 heteroatoms. The number of allylic oxidation sites excluding steroid dienone is 13. The van der Waals surface area contributed by atoms with Crippen LogP contribution in [0.4, 0.5) is 0 Å². The second-order valence-corrected chi connectivity index (χ2v) is 19.2. The van der Waals surface area contributed by atoms with Crippen LogP contribution in [-0.4, -0.2) is 89.2 Å². The minimum Gasteiger partial charge on any atom is -0.479 e. The standard InChI is InChI=1S/C61H100O12/c1-4-7-10-13-16-19-21-23-25-26-27-28-30-31-33-36-38-41-44-47-53(62)69-50-52(71-54(63)48-45-42-40-37-34-32-29-24-22-20-17-14-11-8-5-2)51-70-61-59(57(66)56(65)58(73-61)60(67)68)72-55(64)49-46-43-39-35-18-15-12-9-6-3/h8,11,16-17,19-20,23-25,29,34,37,42,45,52,56-59,61,65-66H,4-7,9-10,12-15,18,21-22,26-28,30-33,35-36,38-41,43-44,46-51H2,1-3H3,(H,67,68)/b11-8-,19-16-,20-17-,25-23-,29-24-,37-34-,45-42-. The van der Waals surface area contributed by atoms with E-state index in [0.29, 0.717) is 19.3 Å². The van der Waals surface area contributed by atoms with Gasteiger partial charge in [0, 0.05) is 12.8 Å². The number of rotatable bonds is 47. The van der Waals surface area contributed by atoms with Gasteiger partial charge in [-0.3, -0.25) is 14.4 Å². The molecular weight excluding hydrogens is 925 g/mol. The van der Waals surface area contributed by atoms with Crippen LogP contribution >= 0.6 is 0 Å². The smallest absolute Gasteiger partial charge is 0.335 e. The van der Waals surface area contributed by atoms with Crippen molar-refractivity contribution in [3.8, 4) is 0 Å². The molecule has 0 radical (unpaired) electrons. The molecule has 1 aliphatic heterocycles. The first-order valence-corrected chi connectivity index (χ1v) is 28.6. The average molecular weight is 1030 g/mol. The lowest BCUT2D eigenvalue weighted by atomic mass is 9.98. The maximum atomic E-state index is 13.1. The van der Waals surface area contributed by atoms with Crippen molar-refractivity contribution >= 4 is 23.9 Å². The third-order valence-corrected chi connectivity index (χ3v) is 12.5. The van der Waals surface area contributed by atoms with Crippen molar-refractivity contribution in [2.75, 3.05) is 13.2 Å². The summed E-state index contributed by atoms with van der Waals surface area (Å²) in [5, 5.41) is 31.3. The molecule has 0 bridgehead atoms. The topological polar surface area (TPSA) is 175 Å². The van der Waals surface area contributed by atoms with E-state index in [1.807, 2.05) is 18.2 Å². The molecule has 73 heavy (non-hydrogen) atoms. The fraction of sp³-hybridized carbons (Fsp3) is 0.705. The van der Waals surface area contributed by atoms with Crippen molar-refractivity contribution in [2.45, 2.75) is 263 Å². The normalized spacial score (nSPS) is 18.9.